The fraction of sp³-hybridized carbons (Fsp3) is 0.111. The summed E-state index contributed by atoms with van der Waals surface area (Å²) in [7, 11) is 1.63. The molecule has 0 unspecified atom stereocenters. The first-order chi connectivity index (χ1) is 15.6. The maximum Gasteiger partial charge on any atom is 0.328 e. The average Bonchev–Trinajstić information content (AvgIpc) is 3.29. The molecule has 0 saturated heterocycles. The van der Waals surface area contributed by atoms with Gasteiger partial charge in [0.2, 0.25) is 0 Å². The van der Waals surface area contributed by atoms with Crippen molar-refractivity contribution in [3.8, 4) is 5.75 Å². The quantitative estimate of drug-likeness (QED) is 0.280. The van der Waals surface area contributed by atoms with Crippen LogP contribution in [0.25, 0.3) is 28.1 Å². The summed E-state index contributed by atoms with van der Waals surface area (Å²) in [4.78, 5) is 10.9. The van der Waals surface area contributed by atoms with Gasteiger partial charge in [-0.15, -0.1) is 0 Å². The molecule has 0 atom stereocenters. The number of carboxylic acids is 1. The van der Waals surface area contributed by atoms with E-state index in [0.29, 0.717) is 5.75 Å². The second-order valence-electron chi connectivity index (χ2n) is 7.38. The molecule has 160 valence electrons. The third-order valence-corrected chi connectivity index (χ3v) is 5.42. The first-order valence-electron chi connectivity index (χ1n) is 10.4. The maximum atomic E-state index is 10.9. The molecule has 0 aliphatic rings. The number of aromatic nitrogens is 2. The van der Waals surface area contributed by atoms with Crippen molar-refractivity contribution in [2.24, 2.45) is 0 Å². The molecule has 0 saturated carbocycles. The van der Waals surface area contributed by atoms with E-state index in [9.17, 15) is 4.79 Å². The van der Waals surface area contributed by atoms with E-state index in [1.165, 1.54) is 5.57 Å². The molecular weight excluding hydrogens is 400 g/mol. The van der Waals surface area contributed by atoms with E-state index < -0.39 is 5.97 Å². The minimum Gasteiger partial charge on any atom is -0.496 e. The van der Waals surface area contributed by atoms with E-state index >= 15 is 0 Å². The van der Waals surface area contributed by atoms with Crippen molar-refractivity contribution in [3.63, 3.8) is 0 Å². The second-order valence-corrected chi connectivity index (χ2v) is 7.38. The molecule has 5 heteroatoms. The number of fused-ring (bicyclic) bond motifs is 1. The third kappa shape index (κ3) is 4.32. The largest absolute Gasteiger partial charge is 0.496 e. The molecule has 1 heterocycles. The van der Waals surface area contributed by atoms with Gasteiger partial charge in [0.15, 0.2) is 0 Å². The highest BCUT2D eigenvalue weighted by Gasteiger charge is 2.17. The SMILES string of the molecule is CC/C(=C(\c1ccc2[nH]ncc2c1)c1ccc(/C=C/C(=O)O)cc1OC)c1ccccc1. The predicted molar refractivity (Wildman–Crippen MR) is 128 cm³/mol. The number of allylic oxidation sites excluding steroid dienone is 1. The lowest BCUT2D eigenvalue weighted by atomic mass is 9.87. The van der Waals surface area contributed by atoms with E-state index in [-0.39, 0.29) is 0 Å². The summed E-state index contributed by atoms with van der Waals surface area (Å²) in [5.74, 6) is -0.305. The summed E-state index contributed by atoms with van der Waals surface area (Å²) < 4.78 is 5.76. The molecule has 3 aromatic carbocycles. The Morgan fingerprint density at radius 1 is 1.06 bits per heavy atom. The monoisotopic (exact) mass is 424 g/mol. The van der Waals surface area contributed by atoms with Gasteiger partial charge in [-0.2, -0.15) is 5.10 Å². The molecule has 32 heavy (non-hydrogen) atoms. The zero-order valence-corrected chi connectivity index (χ0v) is 18.0. The number of benzene rings is 3. The van der Waals surface area contributed by atoms with E-state index in [1.54, 1.807) is 13.2 Å². The molecule has 0 aliphatic carbocycles. The number of carbonyl (C=O) groups is 1. The van der Waals surface area contributed by atoms with Gasteiger partial charge in [0.25, 0.3) is 0 Å². The summed E-state index contributed by atoms with van der Waals surface area (Å²) in [6.45, 7) is 2.15. The number of nitrogens with one attached hydrogen (secondary N) is 1. The molecule has 0 spiro atoms. The van der Waals surface area contributed by atoms with Gasteiger partial charge in [-0.1, -0.05) is 55.5 Å². The number of methoxy groups -OCH3 is 1. The van der Waals surface area contributed by atoms with Crippen LogP contribution in [0.4, 0.5) is 0 Å². The standard InChI is InChI=1S/C27H24N2O3/c1-3-22(19-7-5-4-6-8-19)27(20-11-13-24-21(16-20)17-28-29-24)23-12-9-18(10-14-26(30)31)15-25(23)32-2/h4-17H,3H2,1-2H3,(H,28,29)(H,30,31)/b14-10+,27-22-. The Kier molecular flexibility index (Phi) is 6.17. The first kappa shape index (κ1) is 21.1. The number of hydrogen-bond acceptors (Lipinski definition) is 3. The van der Waals surface area contributed by atoms with Gasteiger partial charge in [-0.05, 0) is 58.5 Å². The van der Waals surface area contributed by atoms with Crippen molar-refractivity contribution in [1.29, 1.82) is 0 Å². The van der Waals surface area contributed by atoms with Gasteiger partial charge in [-0.3, -0.25) is 5.10 Å². The molecule has 5 nitrogen and oxygen atoms in total. The number of ether oxygens (including phenoxy) is 1. The van der Waals surface area contributed by atoms with Gasteiger partial charge < -0.3 is 9.84 Å². The molecule has 0 radical (unpaired) electrons. The number of rotatable bonds is 7. The number of carboxylic acid groups (broad SMARTS) is 1. The van der Waals surface area contributed by atoms with Crippen LogP contribution in [0, 0.1) is 0 Å². The zero-order chi connectivity index (χ0) is 22.5. The van der Waals surface area contributed by atoms with Crippen LogP contribution in [0.2, 0.25) is 0 Å². The topological polar surface area (TPSA) is 75.2 Å². The Morgan fingerprint density at radius 3 is 2.59 bits per heavy atom. The molecule has 0 bridgehead atoms. The number of H-pyrrole nitrogens is 1. The van der Waals surface area contributed by atoms with E-state index in [0.717, 1.165) is 51.2 Å². The van der Waals surface area contributed by atoms with E-state index in [2.05, 4.69) is 41.4 Å². The van der Waals surface area contributed by atoms with Crippen LogP contribution in [-0.4, -0.2) is 28.4 Å². The average molecular weight is 425 g/mol. The normalized spacial score (nSPS) is 12.2. The van der Waals surface area contributed by atoms with Crippen molar-refractivity contribution in [2.45, 2.75) is 13.3 Å². The van der Waals surface area contributed by atoms with Crippen LogP contribution in [0.1, 0.15) is 35.6 Å². The highest BCUT2D eigenvalue weighted by atomic mass is 16.5. The molecule has 4 rings (SSSR count). The van der Waals surface area contributed by atoms with Gasteiger partial charge in [0.05, 0.1) is 18.8 Å². The van der Waals surface area contributed by atoms with Gasteiger partial charge in [0.1, 0.15) is 5.75 Å². The molecular formula is C27H24N2O3. The first-order valence-corrected chi connectivity index (χ1v) is 10.4. The van der Waals surface area contributed by atoms with Crippen LogP contribution in [-0.2, 0) is 4.79 Å². The second kappa shape index (κ2) is 9.35. The summed E-state index contributed by atoms with van der Waals surface area (Å²) in [6.07, 6.45) is 5.33. The van der Waals surface area contributed by atoms with Crippen LogP contribution in [0.15, 0.2) is 79.0 Å². The van der Waals surface area contributed by atoms with E-state index in [1.807, 2.05) is 48.7 Å². The minimum atomic E-state index is -0.987. The number of aromatic amines is 1. The highest BCUT2D eigenvalue weighted by molar-refractivity contribution is 6.01. The van der Waals surface area contributed by atoms with Crippen molar-refractivity contribution in [2.75, 3.05) is 7.11 Å². The smallest absolute Gasteiger partial charge is 0.328 e. The Hall–Kier alpha value is -4.12. The van der Waals surface area contributed by atoms with Crippen LogP contribution in [0.3, 0.4) is 0 Å². The molecule has 0 fully saturated rings. The zero-order valence-electron chi connectivity index (χ0n) is 18.0. The number of nitrogens with zero attached hydrogens (tertiary/aromatic N) is 1. The Bertz CT molecular complexity index is 1320. The minimum absolute atomic E-state index is 0.682. The Labute approximate surface area is 186 Å². The highest BCUT2D eigenvalue weighted by Crippen LogP contribution is 2.39. The summed E-state index contributed by atoms with van der Waals surface area (Å²) in [6, 6.07) is 22.3. The van der Waals surface area contributed by atoms with Crippen LogP contribution >= 0.6 is 0 Å². The molecule has 4 aromatic rings. The summed E-state index contributed by atoms with van der Waals surface area (Å²) >= 11 is 0. The molecule has 1 aromatic heterocycles. The van der Waals surface area contributed by atoms with Crippen molar-refractivity contribution < 1.29 is 14.6 Å². The number of hydrogen-bond donors (Lipinski definition) is 2. The van der Waals surface area contributed by atoms with Crippen molar-refractivity contribution in [3.05, 3.63) is 101 Å². The lowest BCUT2D eigenvalue weighted by Crippen LogP contribution is -1.99. The summed E-state index contributed by atoms with van der Waals surface area (Å²) in [5, 5.41) is 17.2. The van der Waals surface area contributed by atoms with Crippen molar-refractivity contribution >= 4 is 34.1 Å². The van der Waals surface area contributed by atoms with Crippen molar-refractivity contribution in [1.82, 2.24) is 10.2 Å². The van der Waals surface area contributed by atoms with E-state index in [4.69, 9.17) is 9.84 Å². The lowest BCUT2D eigenvalue weighted by Gasteiger charge is -2.19. The van der Waals surface area contributed by atoms with Crippen LogP contribution < -0.4 is 4.74 Å². The van der Waals surface area contributed by atoms with Gasteiger partial charge in [-0.25, -0.2) is 4.79 Å². The fourth-order valence-electron chi connectivity index (χ4n) is 3.94. The van der Waals surface area contributed by atoms with Gasteiger partial charge in [0, 0.05) is 17.0 Å². The molecule has 0 aliphatic heterocycles. The molecule has 0 amide bonds. The maximum absolute atomic E-state index is 10.9. The fourth-order valence-corrected chi connectivity index (χ4v) is 3.94. The Balaban J connectivity index is 1.97. The van der Waals surface area contributed by atoms with Gasteiger partial charge >= 0.3 is 5.97 Å². The Morgan fingerprint density at radius 2 is 1.88 bits per heavy atom. The third-order valence-electron chi connectivity index (χ3n) is 5.42. The predicted octanol–water partition coefficient (Wildman–Crippen LogP) is 6.04. The van der Waals surface area contributed by atoms with Crippen LogP contribution in [0.5, 0.6) is 5.75 Å². The lowest BCUT2D eigenvalue weighted by molar-refractivity contribution is -0.131. The number of aliphatic carboxylic acids is 1. The molecule has 2 N–H and O–H groups in total. The summed E-state index contributed by atoms with van der Waals surface area (Å²) in [5.41, 5.74) is 7.17.